The van der Waals surface area contributed by atoms with Crippen LogP contribution >= 0.6 is 12.2 Å². The molecule has 1 radical (unpaired) electrons. The summed E-state index contributed by atoms with van der Waals surface area (Å²) in [5.74, 6) is 1.07. The highest BCUT2D eigenvalue weighted by atomic mass is 32.1. The Labute approximate surface area is 129 Å². The first-order chi connectivity index (χ1) is 10.0. The summed E-state index contributed by atoms with van der Waals surface area (Å²) in [6.07, 6.45) is 3.28. The van der Waals surface area contributed by atoms with Crippen molar-refractivity contribution in [2.45, 2.75) is 31.8 Å². The van der Waals surface area contributed by atoms with Gasteiger partial charge in [0.15, 0.2) is 5.11 Å². The van der Waals surface area contributed by atoms with E-state index in [1.165, 1.54) is 0 Å². The normalized spacial score (nSPS) is 22.2. The summed E-state index contributed by atoms with van der Waals surface area (Å²) in [6, 6.07) is 5.31. The lowest BCUT2D eigenvalue weighted by atomic mass is 10.0. The van der Waals surface area contributed by atoms with Crippen LogP contribution in [0.15, 0.2) is 30.1 Å². The fourth-order valence-corrected chi connectivity index (χ4v) is 3.10. The van der Waals surface area contributed by atoms with E-state index in [0.717, 1.165) is 29.9 Å². The maximum Gasteiger partial charge on any atom is 0.200 e. The fourth-order valence-electron chi connectivity index (χ4n) is 2.78. The molecule has 0 spiro atoms. The number of hydrogen-bond donors (Lipinski definition) is 2. The predicted octanol–water partition coefficient (Wildman–Crippen LogP) is 1.48. The summed E-state index contributed by atoms with van der Waals surface area (Å²) in [5.41, 5.74) is 7.91. The van der Waals surface area contributed by atoms with E-state index in [1.807, 2.05) is 11.8 Å². The van der Waals surface area contributed by atoms with Crippen LogP contribution in [0.3, 0.4) is 0 Å². The Morgan fingerprint density at radius 1 is 1.57 bits per heavy atom. The smallest absolute Gasteiger partial charge is 0.200 e. The van der Waals surface area contributed by atoms with E-state index >= 15 is 0 Å². The van der Waals surface area contributed by atoms with Crippen molar-refractivity contribution in [1.82, 2.24) is 10.2 Å². The molecule has 3 N–H and O–H groups in total. The summed E-state index contributed by atoms with van der Waals surface area (Å²) in [4.78, 5) is 2.03. The summed E-state index contributed by atoms with van der Waals surface area (Å²) < 4.78 is 5.79. The molecule has 0 aromatic heterocycles. The highest BCUT2D eigenvalue weighted by Gasteiger charge is 2.33. The average molecular weight is 304 g/mol. The van der Waals surface area contributed by atoms with E-state index in [9.17, 15) is 5.11 Å². The molecule has 0 amide bonds. The van der Waals surface area contributed by atoms with Crippen LogP contribution in [0.4, 0.5) is 0 Å². The largest absolute Gasteiger partial charge is 0.508 e. The molecule has 1 aromatic rings. The van der Waals surface area contributed by atoms with Gasteiger partial charge in [-0.1, -0.05) is 0 Å². The number of aromatic hydroxyl groups is 1. The summed E-state index contributed by atoms with van der Waals surface area (Å²) in [5, 5.41) is 14.4. The molecule has 111 valence electrons. The Bertz CT molecular complexity index is 601. The van der Waals surface area contributed by atoms with Crippen molar-refractivity contribution < 1.29 is 9.84 Å². The molecule has 2 aliphatic heterocycles. The molecule has 2 atom stereocenters. The number of nitrogens with zero attached hydrogens (tertiary/aromatic N) is 2. The van der Waals surface area contributed by atoms with Gasteiger partial charge in [0.25, 0.3) is 0 Å². The molecule has 5 nitrogen and oxygen atoms in total. The molecule has 0 saturated carbocycles. The number of thiocarbonyl (C=S) groups is 1. The third-order valence-electron chi connectivity index (χ3n) is 3.67. The maximum atomic E-state index is 9.62. The van der Waals surface area contributed by atoms with E-state index in [4.69, 9.17) is 22.7 Å². The Morgan fingerprint density at radius 3 is 3.14 bits per heavy atom. The minimum absolute atomic E-state index is 0.0516. The molecule has 0 saturated heterocycles. The number of fused-ring (bicyclic) bond motifs is 1. The van der Waals surface area contributed by atoms with Crippen LogP contribution in [0.2, 0.25) is 0 Å². The molecule has 1 aromatic carbocycles. The maximum absolute atomic E-state index is 9.62. The van der Waals surface area contributed by atoms with Crippen molar-refractivity contribution in [2.24, 2.45) is 5.73 Å². The summed E-state index contributed by atoms with van der Waals surface area (Å²) in [7, 11) is 0. The predicted molar refractivity (Wildman–Crippen MR) is 84.0 cm³/mol. The third-order valence-corrected chi connectivity index (χ3v) is 3.97. The average Bonchev–Trinajstić information content (AvgIpc) is 2.78. The SMILES string of the molecule is CC(N)CC1=C[N]C(=S)N1[C@H]1COc2ccc(O)cc2C1. The number of rotatable bonds is 3. The number of nitrogens with two attached hydrogens (primary N) is 1. The molecular weight excluding hydrogens is 286 g/mol. The van der Waals surface area contributed by atoms with E-state index < -0.39 is 0 Å². The van der Waals surface area contributed by atoms with Gasteiger partial charge in [-0.3, -0.25) is 0 Å². The van der Waals surface area contributed by atoms with Crippen LogP contribution in [0.1, 0.15) is 18.9 Å². The summed E-state index contributed by atoms with van der Waals surface area (Å²) in [6.45, 7) is 2.51. The Morgan fingerprint density at radius 2 is 2.38 bits per heavy atom. The zero-order valence-electron chi connectivity index (χ0n) is 11.8. The molecular formula is C15H18N3O2S. The van der Waals surface area contributed by atoms with Crippen LogP contribution in [-0.2, 0) is 6.42 Å². The van der Waals surface area contributed by atoms with Crippen molar-refractivity contribution >= 4 is 17.3 Å². The van der Waals surface area contributed by atoms with Gasteiger partial charge in [-0.15, -0.1) is 0 Å². The van der Waals surface area contributed by atoms with Crippen LogP contribution < -0.4 is 15.8 Å². The lowest BCUT2D eigenvalue weighted by Crippen LogP contribution is -2.45. The Kier molecular flexibility index (Phi) is 3.73. The zero-order valence-corrected chi connectivity index (χ0v) is 12.6. The molecule has 1 unspecified atom stereocenters. The lowest BCUT2D eigenvalue weighted by Gasteiger charge is -2.34. The first-order valence-electron chi connectivity index (χ1n) is 6.98. The van der Waals surface area contributed by atoms with Gasteiger partial charge in [-0.2, -0.15) is 0 Å². The topological polar surface area (TPSA) is 72.8 Å². The van der Waals surface area contributed by atoms with Crippen molar-refractivity contribution in [3.8, 4) is 11.5 Å². The van der Waals surface area contributed by atoms with E-state index in [2.05, 4.69) is 5.32 Å². The van der Waals surface area contributed by atoms with Crippen molar-refractivity contribution in [3.05, 3.63) is 35.7 Å². The zero-order chi connectivity index (χ0) is 15.0. The van der Waals surface area contributed by atoms with Gasteiger partial charge < -0.3 is 20.5 Å². The van der Waals surface area contributed by atoms with Crippen molar-refractivity contribution in [2.75, 3.05) is 6.61 Å². The number of hydrogen-bond acceptors (Lipinski definition) is 4. The highest BCUT2D eigenvalue weighted by molar-refractivity contribution is 7.80. The van der Waals surface area contributed by atoms with Crippen LogP contribution in [0.5, 0.6) is 11.5 Å². The first kappa shape index (κ1) is 14.2. The molecule has 0 bridgehead atoms. The van der Waals surface area contributed by atoms with Gasteiger partial charge in [0.1, 0.15) is 18.1 Å². The number of phenols is 1. The van der Waals surface area contributed by atoms with Gasteiger partial charge in [-0.25, -0.2) is 5.32 Å². The molecule has 2 aliphatic rings. The van der Waals surface area contributed by atoms with E-state index in [1.54, 1.807) is 24.4 Å². The standard InChI is InChI=1S/C15H18N3O2S/c1-9(16)4-11-7-17-15(21)18(11)12-5-10-6-13(19)2-3-14(10)20-8-12/h2-3,6-7,9,12,19H,4-5,8,16H2,1H3/t9?,12-/m1/s1. The second-order valence-electron chi connectivity index (χ2n) is 5.54. The summed E-state index contributed by atoms with van der Waals surface area (Å²) >= 11 is 5.34. The van der Waals surface area contributed by atoms with Gasteiger partial charge in [0, 0.05) is 30.8 Å². The monoisotopic (exact) mass is 304 g/mol. The highest BCUT2D eigenvalue weighted by Crippen LogP contribution is 2.32. The third kappa shape index (κ3) is 2.82. The Hall–Kier alpha value is -1.79. The Balaban J connectivity index is 1.81. The second kappa shape index (κ2) is 5.54. The number of benzene rings is 1. The van der Waals surface area contributed by atoms with Crippen molar-refractivity contribution in [3.63, 3.8) is 0 Å². The number of ether oxygens (including phenoxy) is 1. The molecule has 0 fully saturated rings. The molecule has 3 rings (SSSR count). The molecule has 0 aliphatic carbocycles. The van der Waals surface area contributed by atoms with Crippen LogP contribution in [0, 0.1) is 0 Å². The van der Waals surface area contributed by atoms with E-state index in [-0.39, 0.29) is 17.8 Å². The second-order valence-corrected chi connectivity index (χ2v) is 5.91. The van der Waals surface area contributed by atoms with Gasteiger partial charge >= 0.3 is 0 Å². The first-order valence-corrected chi connectivity index (χ1v) is 7.39. The minimum atomic E-state index is 0.0516. The number of phenolic OH excluding ortho intramolecular Hbond substituents is 1. The molecule has 2 heterocycles. The molecule has 21 heavy (non-hydrogen) atoms. The van der Waals surface area contributed by atoms with Crippen LogP contribution in [0.25, 0.3) is 0 Å². The van der Waals surface area contributed by atoms with Crippen LogP contribution in [-0.4, -0.2) is 33.8 Å². The quantitative estimate of drug-likeness (QED) is 0.828. The minimum Gasteiger partial charge on any atom is -0.508 e. The van der Waals surface area contributed by atoms with E-state index in [0.29, 0.717) is 11.7 Å². The van der Waals surface area contributed by atoms with Gasteiger partial charge in [-0.05, 0) is 42.9 Å². The lowest BCUT2D eigenvalue weighted by molar-refractivity contribution is 0.195. The molecule has 6 heteroatoms. The van der Waals surface area contributed by atoms with Gasteiger partial charge in [0.05, 0.1) is 6.04 Å². The van der Waals surface area contributed by atoms with Crippen molar-refractivity contribution in [1.29, 1.82) is 0 Å². The fraction of sp³-hybridized carbons (Fsp3) is 0.400. The van der Waals surface area contributed by atoms with Gasteiger partial charge in [0.2, 0.25) is 0 Å².